The Hall–Kier alpha value is -2.75. The predicted octanol–water partition coefficient (Wildman–Crippen LogP) is 6.54. The highest BCUT2D eigenvalue weighted by Crippen LogP contribution is 2.45. The Labute approximate surface area is 180 Å². The Balaban J connectivity index is 2.85. The molecule has 0 heterocycles. The van der Waals surface area contributed by atoms with Crippen LogP contribution in [0.4, 0.5) is 0 Å². The number of hydrogen-bond acceptors (Lipinski definition) is 3. The van der Waals surface area contributed by atoms with E-state index in [1.807, 2.05) is 6.07 Å². The van der Waals surface area contributed by atoms with Crippen molar-refractivity contribution < 1.29 is 19.7 Å². The highest BCUT2D eigenvalue weighted by atomic mass is 16.5. The summed E-state index contributed by atoms with van der Waals surface area (Å²) >= 11 is 0. The average molecular weight is 411 g/mol. The number of aliphatic carboxylic acids is 1. The molecular formula is C26H34O4. The molecule has 0 aliphatic heterocycles. The zero-order valence-corrected chi connectivity index (χ0v) is 19.2. The van der Waals surface area contributed by atoms with E-state index in [9.17, 15) is 9.90 Å². The molecule has 0 spiro atoms. The highest BCUT2D eigenvalue weighted by molar-refractivity contribution is 5.86. The quantitative estimate of drug-likeness (QED) is 0.531. The first kappa shape index (κ1) is 23.5. The van der Waals surface area contributed by atoms with Crippen molar-refractivity contribution in [3.05, 3.63) is 53.1 Å². The summed E-state index contributed by atoms with van der Waals surface area (Å²) in [5.74, 6) is -0.108. The maximum atomic E-state index is 10.9. The predicted molar refractivity (Wildman–Crippen MR) is 123 cm³/mol. The van der Waals surface area contributed by atoms with E-state index in [0.717, 1.165) is 34.9 Å². The lowest BCUT2D eigenvalue weighted by atomic mass is 9.78. The number of rotatable bonds is 6. The van der Waals surface area contributed by atoms with Crippen molar-refractivity contribution in [1.82, 2.24) is 0 Å². The van der Waals surface area contributed by atoms with Crippen LogP contribution in [-0.2, 0) is 15.6 Å². The van der Waals surface area contributed by atoms with Gasteiger partial charge in [-0.05, 0) is 52.7 Å². The molecule has 0 aliphatic rings. The third kappa shape index (κ3) is 5.65. The van der Waals surface area contributed by atoms with Crippen LogP contribution in [-0.4, -0.2) is 22.8 Å². The van der Waals surface area contributed by atoms with Gasteiger partial charge in [0.1, 0.15) is 11.5 Å². The third-order valence-electron chi connectivity index (χ3n) is 4.94. The molecule has 0 saturated heterocycles. The first-order valence-electron chi connectivity index (χ1n) is 10.4. The average Bonchev–Trinajstić information content (AvgIpc) is 2.63. The molecule has 0 aliphatic carbocycles. The van der Waals surface area contributed by atoms with Crippen molar-refractivity contribution in [2.75, 3.05) is 6.61 Å². The van der Waals surface area contributed by atoms with Gasteiger partial charge in [0.2, 0.25) is 0 Å². The third-order valence-corrected chi connectivity index (χ3v) is 4.94. The lowest BCUT2D eigenvalue weighted by molar-refractivity contribution is -0.131. The Morgan fingerprint density at radius 2 is 1.67 bits per heavy atom. The monoisotopic (exact) mass is 410 g/mol. The number of carboxylic acid groups (broad SMARTS) is 1. The molecule has 0 saturated carbocycles. The van der Waals surface area contributed by atoms with Gasteiger partial charge >= 0.3 is 5.97 Å². The van der Waals surface area contributed by atoms with Gasteiger partial charge in [-0.1, -0.05) is 60.6 Å². The molecule has 162 valence electrons. The fraction of sp³-hybridized carbons (Fsp3) is 0.423. The Morgan fingerprint density at radius 3 is 2.20 bits per heavy atom. The van der Waals surface area contributed by atoms with Crippen LogP contribution < -0.4 is 4.74 Å². The normalized spacial score (nSPS) is 12.4. The fourth-order valence-electron chi connectivity index (χ4n) is 3.22. The van der Waals surface area contributed by atoms with Gasteiger partial charge < -0.3 is 14.9 Å². The highest BCUT2D eigenvalue weighted by Gasteiger charge is 2.27. The second kappa shape index (κ2) is 8.95. The smallest absolute Gasteiger partial charge is 0.328 e. The van der Waals surface area contributed by atoms with Gasteiger partial charge in [-0.2, -0.15) is 0 Å². The lowest BCUT2D eigenvalue weighted by Gasteiger charge is -2.29. The summed E-state index contributed by atoms with van der Waals surface area (Å²) in [4.78, 5) is 10.9. The van der Waals surface area contributed by atoms with Crippen LogP contribution in [0.3, 0.4) is 0 Å². The molecule has 30 heavy (non-hydrogen) atoms. The molecule has 4 nitrogen and oxygen atoms in total. The van der Waals surface area contributed by atoms with Crippen molar-refractivity contribution in [3.8, 4) is 22.6 Å². The van der Waals surface area contributed by atoms with Crippen molar-refractivity contribution in [1.29, 1.82) is 0 Å². The van der Waals surface area contributed by atoms with Crippen molar-refractivity contribution in [2.24, 2.45) is 0 Å². The van der Waals surface area contributed by atoms with Crippen molar-refractivity contribution >= 4 is 12.0 Å². The van der Waals surface area contributed by atoms with Gasteiger partial charge in [-0.15, -0.1) is 0 Å². The molecular weight excluding hydrogens is 376 g/mol. The van der Waals surface area contributed by atoms with E-state index in [0.29, 0.717) is 17.7 Å². The SMILES string of the molecule is CCCOc1c(-c2cc(C=CC(=O)O)ccc2O)cc(C(C)(C)C)cc1C(C)(C)C. The minimum Gasteiger partial charge on any atom is -0.507 e. The first-order chi connectivity index (χ1) is 13.8. The van der Waals surface area contributed by atoms with Gasteiger partial charge in [-0.3, -0.25) is 0 Å². The van der Waals surface area contributed by atoms with Crippen molar-refractivity contribution in [2.45, 2.75) is 65.7 Å². The molecule has 2 aromatic rings. The number of carbonyl (C=O) groups is 1. The zero-order valence-electron chi connectivity index (χ0n) is 19.2. The van der Waals surface area contributed by atoms with Gasteiger partial charge in [-0.25, -0.2) is 4.79 Å². The second-order valence-electron chi connectivity index (χ2n) is 9.70. The minimum absolute atomic E-state index is 0.0888. The number of hydrogen-bond donors (Lipinski definition) is 2. The number of phenols is 1. The lowest BCUT2D eigenvalue weighted by Crippen LogP contribution is -2.18. The van der Waals surface area contributed by atoms with Crippen LogP contribution in [0.25, 0.3) is 17.2 Å². The van der Waals surface area contributed by atoms with E-state index < -0.39 is 5.97 Å². The molecule has 4 heteroatoms. The Bertz CT molecular complexity index is 941. The number of ether oxygens (including phenoxy) is 1. The summed E-state index contributed by atoms with van der Waals surface area (Å²) in [6.45, 7) is 15.6. The molecule has 0 fully saturated rings. The number of carboxylic acids is 1. The largest absolute Gasteiger partial charge is 0.507 e. The van der Waals surface area contributed by atoms with E-state index in [2.05, 4.69) is 60.6 Å². The molecule has 2 rings (SSSR count). The summed E-state index contributed by atoms with van der Waals surface area (Å²) in [7, 11) is 0. The van der Waals surface area contributed by atoms with E-state index in [1.54, 1.807) is 12.1 Å². The molecule has 0 atom stereocenters. The maximum Gasteiger partial charge on any atom is 0.328 e. The number of aromatic hydroxyl groups is 1. The van der Waals surface area contributed by atoms with E-state index in [-0.39, 0.29) is 16.6 Å². The number of benzene rings is 2. The fourth-order valence-corrected chi connectivity index (χ4v) is 3.22. The van der Waals surface area contributed by atoms with E-state index in [1.165, 1.54) is 6.08 Å². The summed E-state index contributed by atoms with van der Waals surface area (Å²) in [6, 6.07) is 9.39. The van der Waals surface area contributed by atoms with Gasteiger partial charge in [0.25, 0.3) is 0 Å². The standard InChI is InChI=1S/C26H34O4/c1-8-13-30-24-20(15-18(25(2,3)4)16-21(24)26(5,6)7)19-14-17(9-11-22(19)27)10-12-23(28)29/h9-12,14-16,27H,8,13H2,1-7H3,(H,28,29). The zero-order chi connectivity index (χ0) is 22.7. The summed E-state index contributed by atoms with van der Waals surface area (Å²) in [6.07, 6.45) is 3.49. The molecule has 2 aromatic carbocycles. The summed E-state index contributed by atoms with van der Waals surface area (Å²) < 4.78 is 6.24. The van der Waals surface area contributed by atoms with Crippen LogP contribution >= 0.6 is 0 Å². The molecule has 0 aromatic heterocycles. The molecule has 0 amide bonds. The summed E-state index contributed by atoms with van der Waals surface area (Å²) in [5.41, 5.74) is 4.14. The second-order valence-corrected chi connectivity index (χ2v) is 9.70. The van der Waals surface area contributed by atoms with E-state index in [4.69, 9.17) is 9.84 Å². The molecule has 2 N–H and O–H groups in total. The van der Waals surface area contributed by atoms with Gasteiger partial charge in [0.05, 0.1) is 6.61 Å². The first-order valence-corrected chi connectivity index (χ1v) is 10.4. The minimum atomic E-state index is -1.01. The van der Waals surface area contributed by atoms with Crippen LogP contribution in [0.5, 0.6) is 11.5 Å². The van der Waals surface area contributed by atoms with Crippen LogP contribution in [0.1, 0.15) is 71.6 Å². The van der Waals surface area contributed by atoms with Gasteiger partial charge in [0, 0.05) is 22.8 Å². The topological polar surface area (TPSA) is 66.8 Å². The van der Waals surface area contributed by atoms with Crippen LogP contribution in [0.2, 0.25) is 0 Å². The summed E-state index contributed by atoms with van der Waals surface area (Å²) in [5, 5.41) is 19.7. The van der Waals surface area contributed by atoms with E-state index >= 15 is 0 Å². The van der Waals surface area contributed by atoms with Gasteiger partial charge in [0.15, 0.2) is 0 Å². The van der Waals surface area contributed by atoms with Crippen LogP contribution in [0, 0.1) is 0 Å². The maximum absolute atomic E-state index is 10.9. The number of phenolic OH excluding ortho intramolecular Hbond substituents is 1. The Morgan fingerprint density at radius 1 is 1.00 bits per heavy atom. The van der Waals surface area contributed by atoms with Crippen LogP contribution in [0.15, 0.2) is 36.4 Å². The molecule has 0 radical (unpaired) electrons. The Kier molecular flexibility index (Phi) is 7.02. The van der Waals surface area contributed by atoms with Crippen molar-refractivity contribution in [3.63, 3.8) is 0 Å². The molecule has 0 unspecified atom stereocenters. The molecule has 0 bridgehead atoms.